The number of benzene rings is 1. The fraction of sp³-hybridized carbons (Fsp3) is 0.333. The van der Waals surface area contributed by atoms with Gasteiger partial charge in [-0.1, -0.05) is 12.1 Å². The number of aromatic nitrogens is 3. The van der Waals surface area contributed by atoms with Crippen LogP contribution in [0.2, 0.25) is 0 Å². The molecule has 0 amide bonds. The van der Waals surface area contributed by atoms with Crippen LogP contribution in [-0.4, -0.2) is 21.3 Å². The molecule has 0 unspecified atom stereocenters. The van der Waals surface area contributed by atoms with Crippen LogP contribution < -0.4 is 5.73 Å². The van der Waals surface area contributed by atoms with E-state index in [4.69, 9.17) is 5.73 Å². The summed E-state index contributed by atoms with van der Waals surface area (Å²) in [5.74, 6) is 1.70. The quantitative estimate of drug-likeness (QED) is 0.843. The molecule has 2 N–H and O–H groups in total. The molecule has 1 heterocycles. The smallest absolute Gasteiger partial charge is 0.148 e. The second-order valence-electron chi connectivity index (χ2n) is 3.83. The largest absolute Gasteiger partial charge is 0.330 e. The lowest BCUT2D eigenvalue weighted by atomic mass is 10.1. The van der Waals surface area contributed by atoms with Crippen molar-refractivity contribution in [3.8, 4) is 5.69 Å². The van der Waals surface area contributed by atoms with E-state index in [1.807, 2.05) is 30.7 Å². The molecular weight excluding hydrogens is 200 g/mol. The Morgan fingerprint density at radius 1 is 1.31 bits per heavy atom. The van der Waals surface area contributed by atoms with E-state index in [0.29, 0.717) is 6.54 Å². The molecule has 0 aliphatic carbocycles. The molecule has 2 aromatic rings. The van der Waals surface area contributed by atoms with Crippen molar-refractivity contribution in [2.75, 3.05) is 6.54 Å². The Kier molecular flexibility index (Phi) is 3.01. The molecule has 0 radical (unpaired) electrons. The number of aryl methyl sites for hydroxylation is 2. The zero-order chi connectivity index (χ0) is 11.5. The second kappa shape index (κ2) is 4.45. The molecule has 0 atom stereocenters. The highest BCUT2D eigenvalue weighted by molar-refractivity contribution is 5.35. The molecule has 0 bridgehead atoms. The molecular formula is C12H16N4. The van der Waals surface area contributed by atoms with Crippen LogP contribution in [0.1, 0.15) is 17.2 Å². The van der Waals surface area contributed by atoms with E-state index in [-0.39, 0.29) is 0 Å². The van der Waals surface area contributed by atoms with Crippen LogP contribution in [0, 0.1) is 13.8 Å². The van der Waals surface area contributed by atoms with E-state index in [9.17, 15) is 0 Å². The van der Waals surface area contributed by atoms with Gasteiger partial charge in [0.1, 0.15) is 11.6 Å². The maximum Gasteiger partial charge on any atom is 0.148 e. The van der Waals surface area contributed by atoms with E-state index in [0.717, 1.165) is 23.8 Å². The summed E-state index contributed by atoms with van der Waals surface area (Å²) >= 11 is 0. The molecule has 4 nitrogen and oxygen atoms in total. The van der Waals surface area contributed by atoms with E-state index < -0.39 is 0 Å². The summed E-state index contributed by atoms with van der Waals surface area (Å²) in [6, 6.07) is 8.24. The fourth-order valence-electron chi connectivity index (χ4n) is 1.78. The lowest BCUT2D eigenvalue weighted by molar-refractivity contribution is 0.827. The zero-order valence-electron chi connectivity index (χ0n) is 9.64. The SMILES string of the molecule is Cc1nc(C)n(-c2cccc(CCN)c2)n1. The first kappa shape index (κ1) is 10.8. The Morgan fingerprint density at radius 3 is 2.75 bits per heavy atom. The lowest BCUT2D eigenvalue weighted by Gasteiger charge is -2.05. The van der Waals surface area contributed by atoms with E-state index in [1.54, 1.807) is 0 Å². The maximum atomic E-state index is 5.55. The van der Waals surface area contributed by atoms with Gasteiger partial charge < -0.3 is 5.73 Å². The van der Waals surface area contributed by atoms with Crippen LogP contribution in [0.4, 0.5) is 0 Å². The number of nitrogens with zero attached hydrogens (tertiary/aromatic N) is 3. The monoisotopic (exact) mass is 216 g/mol. The van der Waals surface area contributed by atoms with Gasteiger partial charge in [0.2, 0.25) is 0 Å². The van der Waals surface area contributed by atoms with Crippen molar-refractivity contribution in [2.24, 2.45) is 5.73 Å². The molecule has 0 saturated heterocycles. The molecule has 0 spiro atoms. The molecule has 0 aliphatic heterocycles. The van der Waals surface area contributed by atoms with Crippen molar-refractivity contribution >= 4 is 0 Å². The molecule has 0 aliphatic rings. The first-order valence-corrected chi connectivity index (χ1v) is 5.40. The summed E-state index contributed by atoms with van der Waals surface area (Å²) < 4.78 is 1.86. The van der Waals surface area contributed by atoms with Crippen LogP contribution in [0.3, 0.4) is 0 Å². The Morgan fingerprint density at radius 2 is 2.12 bits per heavy atom. The highest BCUT2D eigenvalue weighted by Gasteiger charge is 2.05. The Hall–Kier alpha value is -1.68. The van der Waals surface area contributed by atoms with Gasteiger partial charge in [-0.3, -0.25) is 0 Å². The van der Waals surface area contributed by atoms with Gasteiger partial charge in [0, 0.05) is 0 Å². The Bertz CT molecular complexity index is 488. The van der Waals surface area contributed by atoms with Crippen LogP contribution in [0.25, 0.3) is 5.69 Å². The molecule has 84 valence electrons. The average molecular weight is 216 g/mol. The molecule has 1 aromatic heterocycles. The van der Waals surface area contributed by atoms with Gasteiger partial charge in [0.05, 0.1) is 5.69 Å². The average Bonchev–Trinajstić information content (AvgIpc) is 2.59. The summed E-state index contributed by atoms with van der Waals surface area (Å²) in [5, 5.41) is 4.36. The van der Waals surface area contributed by atoms with E-state index in [2.05, 4.69) is 22.2 Å². The molecule has 4 heteroatoms. The van der Waals surface area contributed by atoms with Gasteiger partial charge in [-0.25, -0.2) is 9.67 Å². The molecule has 16 heavy (non-hydrogen) atoms. The molecule has 0 saturated carbocycles. The third kappa shape index (κ3) is 2.12. The fourth-order valence-corrected chi connectivity index (χ4v) is 1.78. The van der Waals surface area contributed by atoms with Gasteiger partial charge in [-0.05, 0) is 44.5 Å². The van der Waals surface area contributed by atoms with E-state index >= 15 is 0 Å². The minimum Gasteiger partial charge on any atom is -0.330 e. The number of nitrogens with two attached hydrogens (primary N) is 1. The Labute approximate surface area is 95.1 Å². The minimum atomic E-state index is 0.665. The highest BCUT2D eigenvalue weighted by atomic mass is 15.3. The summed E-state index contributed by atoms with van der Waals surface area (Å²) in [5.41, 5.74) is 7.82. The van der Waals surface area contributed by atoms with Crippen molar-refractivity contribution in [2.45, 2.75) is 20.3 Å². The second-order valence-corrected chi connectivity index (χ2v) is 3.83. The van der Waals surface area contributed by atoms with Crippen molar-refractivity contribution in [1.82, 2.24) is 14.8 Å². The van der Waals surface area contributed by atoms with Gasteiger partial charge in [0.15, 0.2) is 0 Å². The third-order valence-corrected chi connectivity index (χ3v) is 2.46. The van der Waals surface area contributed by atoms with Crippen LogP contribution >= 0.6 is 0 Å². The van der Waals surface area contributed by atoms with Crippen LogP contribution in [0.15, 0.2) is 24.3 Å². The summed E-state index contributed by atoms with van der Waals surface area (Å²) in [7, 11) is 0. The molecule has 0 fully saturated rings. The Balaban J connectivity index is 2.40. The van der Waals surface area contributed by atoms with Crippen molar-refractivity contribution in [1.29, 1.82) is 0 Å². The predicted molar refractivity (Wildman–Crippen MR) is 63.6 cm³/mol. The molecule has 2 rings (SSSR count). The van der Waals surface area contributed by atoms with Gasteiger partial charge in [-0.15, -0.1) is 0 Å². The van der Waals surface area contributed by atoms with Gasteiger partial charge in [-0.2, -0.15) is 5.10 Å². The predicted octanol–water partition coefficient (Wildman–Crippen LogP) is 1.39. The van der Waals surface area contributed by atoms with Gasteiger partial charge in [0.25, 0.3) is 0 Å². The number of rotatable bonds is 3. The maximum absolute atomic E-state index is 5.55. The first-order valence-electron chi connectivity index (χ1n) is 5.40. The summed E-state index contributed by atoms with van der Waals surface area (Å²) in [4.78, 5) is 4.29. The zero-order valence-corrected chi connectivity index (χ0v) is 9.64. The van der Waals surface area contributed by atoms with Crippen LogP contribution in [0.5, 0.6) is 0 Å². The summed E-state index contributed by atoms with van der Waals surface area (Å²) in [6.45, 7) is 4.52. The van der Waals surface area contributed by atoms with Crippen molar-refractivity contribution in [3.05, 3.63) is 41.5 Å². The minimum absolute atomic E-state index is 0.665. The van der Waals surface area contributed by atoms with Crippen molar-refractivity contribution in [3.63, 3.8) is 0 Å². The third-order valence-electron chi connectivity index (χ3n) is 2.46. The topological polar surface area (TPSA) is 56.7 Å². The normalized spacial score (nSPS) is 10.7. The van der Waals surface area contributed by atoms with Crippen LogP contribution in [-0.2, 0) is 6.42 Å². The van der Waals surface area contributed by atoms with E-state index in [1.165, 1.54) is 5.56 Å². The first-order chi connectivity index (χ1) is 7.70. The number of hydrogen-bond acceptors (Lipinski definition) is 3. The van der Waals surface area contributed by atoms with Crippen molar-refractivity contribution < 1.29 is 0 Å². The summed E-state index contributed by atoms with van der Waals surface area (Å²) in [6.07, 6.45) is 0.889. The highest BCUT2D eigenvalue weighted by Crippen LogP contribution is 2.12. The molecule has 1 aromatic carbocycles. The standard InChI is InChI=1S/C12H16N4/c1-9-14-10(2)16(15-9)12-5-3-4-11(8-12)6-7-13/h3-5,8H,6-7,13H2,1-2H3. The lowest BCUT2D eigenvalue weighted by Crippen LogP contribution is -2.04. The van der Waals surface area contributed by atoms with Gasteiger partial charge >= 0.3 is 0 Å². The number of hydrogen-bond donors (Lipinski definition) is 1.